The molecule has 1 aromatic heterocycles. The van der Waals surface area contributed by atoms with Crippen molar-refractivity contribution in [2.45, 2.75) is 25.8 Å². The minimum Gasteiger partial charge on any atom is -0.399 e. The number of aromatic amines is 1. The number of fused-ring (bicyclic) bond motifs is 1. The van der Waals surface area contributed by atoms with Gasteiger partial charge in [0.25, 0.3) is 5.56 Å². The first-order chi connectivity index (χ1) is 9.27. The first-order valence-corrected chi connectivity index (χ1v) is 6.13. The number of nitrogens with two attached hydrogens (primary N) is 2. The minimum atomic E-state index is -0.608. The molecule has 7 nitrogen and oxygen atoms in total. The van der Waals surface area contributed by atoms with E-state index in [4.69, 9.17) is 11.5 Å². The van der Waals surface area contributed by atoms with Crippen LogP contribution in [-0.4, -0.2) is 21.4 Å². The van der Waals surface area contributed by atoms with E-state index in [0.29, 0.717) is 22.5 Å². The molecule has 7 heteroatoms. The number of anilines is 2. The highest BCUT2D eigenvalue weighted by molar-refractivity contribution is 5.82. The van der Waals surface area contributed by atoms with Gasteiger partial charge in [0.1, 0.15) is 0 Å². The number of aromatic nitrogens is 2. The molecule has 0 saturated carbocycles. The van der Waals surface area contributed by atoms with Crippen molar-refractivity contribution >= 4 is 28.4 Å². The minimum absolute atomic E-state index is 0.122. The number of nitrogens with one attached hydrogen (secondary N) is 2. The number of carbonyl (C=O) groups excluding carboxylic acids is 1. The lowest BCUT2D eigenvalue weighted by molar-refractivity contribution is -0.118. The van der Waals surface area contributed by atoms with E-state index >= 15 is 0 Å². The van der Waals surface area contributed by atoms with E-state index in [1.807, 2.05) is 0 Å². The molecule has 0 fully saturated rings. The molecule has 20 heavy (non-hydrogen) atoms. The molecule has 2 aromatic rings. The Morgan fingerprint density at radius 2 is 2.15 bits per heavy atom. The van der Waals surface area contributed by atoms with Crippen LogP contribution >= 0.6 is 0 Å². The number of hydrogen-bond donors (Lipinski definition) is 4. The molecule has 6 N–H and O–H groups in total. The maximum Gasteiger partial charge on any atom is 0.260 e. The van der Waals surface area contributed by atoms with Gasteiger partial charge in [0, 0.05) is 17.6 Å². The van der Waals surface area contributed by atoms with Crippen molar-refractivity contribution < 1.29 is 4.79 Å². The lowest BCUT2D eigenvalue weighted by Gasteiger charge is -2.25. The topological polar surface area (TPSA) is 127 Å². The third-order valence-corrected chi connectivity index (χ3v) is 2.80. The van der Waals surface area contributed by atoms with Crippen LogP contribution in [0.4, 0.5) is 11.6 Å². The molecular formula is C13H17N5O2. The number of benzene rings is 1. The number of amides is 1. The number of nitrogens with zero attached hydrogens (tertiary/aromatic N) is 1. The van der Waals surface area contributed by atoms with Gasteiger partial charge in [-0.2, -0.15) is 0 Å². The maximum atomic E-state index is 12.0. The van der Waals surface area contributed by atoms with Crippen LogP contribution in [0.3, 0.4) is 0 Å². The fourth-order valence-electron chi connectivity index (χ4n) is 2.02. The van der Waals surface area contributed by atoms with E-state index in [1.54, 1.807) is 32.0 Å². The number of hydrogen-bond acceptors (Lipinski definition) is 5. The van der Waals surface area contributed by atoms with Gasteiger partial charge < -0.3 is 16.8 Å². The first-order valence-electron chi connectivity index (χ1n) is 6.13. The smallest absolute Gasteiger partial charge is 0.260 e. The van der Waals surface area contributed by atoms with Crippen LogP contribution in [0.5, 0.6) is 0 Å². The quantitative estimate of drug-likeness (QED) is 0.607. The third kappa shape index (κ3) is 3.05. The second-order valence-corrected chi connectivity index (χ2v) is 5.34. The molecule has 0 spiro atoms. The van der Waals surface area contributed by atoms with Crippen LogP contribution in [0.15, 0.2) is 23.0 Å². The standard InChI is InChI=1S/C13H17N5O2/c1-13(2,6-10(15)19)18-12-16-9-4-3-7(14)5-8(9)11(20)17-12/h3-5H,6,14H2,1-2H3,(H2,15,19)(H2,16,17,18,20). The van der Waals surface area contributed by atoms with Crippen LogP contribution < -0.4 is 22.3 Å². The largest absolute Gasteiger partial charge is 0.399 e. The van der Waals surface area contributed by atoms with E-state index in [0.717, 1.165) is 0 Å². The highest BCUT2D eigenvalue weighted by atomic mass is 16.1. The second-order valence-electron chi connectivity index (χ2n) is 5.34. The van der Waals surface area contributed by atoms with Crippen molar-refractivity contribution in [2.24, 2.45) is 5.73 Å². The summed E-state index contributed by atoms with van der Waals surface area (Å²) >= 11 is 0. The zero-order chi connectivity index (χ0) is 14.9. The summed E-state index contributed by atoms with van der Waals surface area (Å²) in [6.45, 7) is 3.59. The fourth-order valence-corrected chi connectivity index (χ4v) is 2.02. The summed E-state index contributed by atoms with van der Waals surface area (Å²) in [4.78, 5) is 29.9. The summed E-state index contributed by atoms with van der Waals surface area (Å²) in [6.07, 6.45) is 0.122. The van der Waals surface area contributed by atoms with Crippen LogP contribution in [0.2, 0.25) is 0 Å². The highest BCUT2D eigenvalue weighted by Gasteiger charge is 2.21. The van der Waals surface area contributed by atoms with Gasteiger partial charge in [-0.25, -0.2) is 4.98 Å². The van der Waals surface area contributed by atoms with Crippen LogP contribution in [0.25, 0.3) is 10.9 Å². The Bertz CT molecular complexity index is 720. The van der Waals surface area contributed by atoms with Crippen LogP contribution in [0, 0.1) is 0 Å². The Morgan fingerprint density at radius 1 is 1.45 bits per heavy atom. The van der Waals surface area contributed by atoms with Gasteiger partial charge in [-0.1, -0.05) is 0 Å². The molecule has 1 aromatic carbocycles. The SMILES string of the molecule is CC(C)(CC(N)=O)Nc1nc2ccc(N)cc2c(=O)[nH]1. The molecule has 1 heterocycles. The van der Waals surface area contributed by atoms with Gasteiger partial charge in [0.15, 0.2) is 0 Å². The fraction of sp³-hybridized carbons (Fsp3) is 0.308. The average Bonchev–Trinajstić information content (AvgIpc) is 2.27. The van der Waals surface area contributed by atoms with Crippen molar-refractivity contribution in [3.05, 3.63) is 28.6 Å². The third-order valence-electron chi connectivity index (χ3n) is 2.80. The van der Waals surface area contributed by atoms with Gasteiger partial charge in [0.2, 0.25) is 11.9 Å². The molecule has 0 radical (unpaired) electrons. The Kier molecular flexibility index (Phi) is 3.35. The van der Waals surface area contributed by atoms with E-state index in [-0.39, 0.29) is 12.0 Å². The van der Waals surface area contributed by atoms with Gasteiger partial charge >= 0.3 is 0 Å². The number of primary amides is 1. The van der Waals surface area contributed by atoms with E-state index in [2.05, 4.69) is 15.3 Å². The molecule has 0 atom stereocenters. The molecule has 0 aliphatic heterocycles. The monoisotopic (exact) mass is 275 g/mol. The molecular weight excluding hydrogens is 258 g/mol. The van der Waals surface area contributed by atoms with Crippen molar-refractivity contribution in [3.63, 3.8) is 0 Å². The predicted octanol–water partition coefficient (Wildman–Crippen LogP) is 0.571. The lowest BCUT2D eigenvalue weighted by Crippen LogP contribution is -2.37. The Balaban J connectivity index is 2.39. The van der Waals surface area contributed by atoms with E-state index in [1.165, 1.54) is 0 Å². The Labute approximate surface area is 115 Å². The first kappa shape index (κ1) is 13.9. The molecule has 0 aliphatic carbocycles. The maximum absolute atomic E-state index is 12.0. The van der Waals surface area contributed by atoms with Crippen molar-refractivity contribution in [1.29, 1.82) is 0 Å². The number of H-pyrrole nitrogens is 1. The normalized spacial score (nSPS) is 11.5. The summed E-state index contributed by atoms with van der Waals surface area (Å²) in [5.41, 5.74) is 11.0. The molecule has 106 valence electrons. The lowest BCUT2D eigenvalue weighted by atomic mass is 10.0. The van der Waals surface area contributed by atoms with Crippen molar-refractivity contribution in [1.82, 2.24) is 9.97 Å². The second kappa shape index (κ2) is 4.84. The zero-order valence-corrected chi connectivity index (χ0v) is 11.4. The summed E-state index contributed by atoms with van der Waals surface area (Å²) in [7, 11) is 0. The predicted molar refractivity (Wildman–Crippen MR) is 78.3 cm³/mol. The van der Waals surface area contributed by atoms with E-state index in [9.17, 15) is 9.59 Å². The summed E-state index contributed by atoms with van der Waals surface area (Å²) < 4.78 is 0. The summed E-state index contributed by atoms with van der Waals surface area (Å²) in [5, 5.41) is 3.42. The van der Waals surface area contributed by atoms with Crippen molar-refractivity contribution in [2.75, 3.05) is 11.1 Å². The molecule has 1 amide bonds. The number of nitrogen functional groups attached to an aromatic ring is 1. The van der Waals surface area contributed by atoms with Crippen LogP contribution in [-0.2, 0) is 4.79 Å². The summed E-state index contributed by atoms with van der Waals surface area (Å²) in [5.74, 6) is -0.142. The van der Waals surface area contributed by atoms with Gasteiger partial charge in [-0.15, -0.1) is 0 Å². The van der Waals surface area contributed by atoms with E-state index < -0.39 is 11.4 Å². The Hall–Kier alpha value is -2.57. The van der Waals surface area contributed by atoms with Crippen molar-refractivity contribution in [3.8, 4) is 0 Å². The van der Waals surface area contributed by atoms with Gasteiger partial charge in [-0.3, -0.25) is 14.6 Å². The molecule has 0 aliphatic rings. The Morgan fingerprint density at radius 3 is 2.80 bits per heavy atom. The summed E-state index contributed by atoms with van der Waals surface area (Å²) in [6, 6.07) is 4.92. The number of rotatable bonds is 4. The van der Waals surface area contributed by atoms with Crippen LogP contribution in [0.1, 0.15) is 20.3 Å². The number of carbonyl (C=O) groups is 1. The molecule has 2 rings (SSSR count). The highest BCUT2D eigenvalue weighted by Crippen LogP contribution is 2.17. The van der Waals surface area contributed by atoms with Gasteiger partial charge in [-0.05, 0) is 32.0 Å². The van der Waals surface area contributed by atoms with Gasteiger partial charge in [0.05, 0.1) is 10.9 Å². The molecule has 0 saturated heterocycles. The average molecular weight is 275 g/mol. The molecule has 0 unspecified atom stereocenters. The zero-order valence-electron chi connectivity index (χ0n) is 11.4. The molecule has 0 bridgehead atoms.